The van der Waals surface area contributed by atoms with Crippen molar-refractivity contribution in [2.24, 2.45) is 0 Å². The van der Waals surface area contributed by atoms with Gasteiger partial charge in [-0.15, -0.1) is 0 Å². The predicted molar refractivity (Wildman–Crippen MR) is 255 cm³/mol. The third kappa shape index (κ3) is 5.76. The molecule has 3 aromatic heterocycles. The first-order valence-electron chi connectivity index (χ1n) is 20.8. The number of rotatable bonds is 6. The summed E-state index contributed by atoms with van der Waals surface area (Å²) >= 11 is 0. The Balaban J connectivity index is 1.01. The van der Waals surface area contributed by atoms with Gasteiger partial charge in [0.25, 0.3) is 0 Å². The van der Waals surface area contributed by atoms with Crippen molar-refractivity contribution in [2.75, 3.05) is 0 Å². The fraction of sp³-hybridized carbons (Fsp3) is 0.0175. The van der Waals surface area contributed by atoms with E-state index in [9.17, 15) is 0 Å². The highest BCUT2D eigenvalue weighted by atomic mass is 15.2. The van der Waals surface area contributed by atoms with Crippen LogP contribution in [0.25, 0.3) is 111 Å². The molecule has 0 saturated heterocycles. The smallest absolute Gasteiger partial charge is 0.235 e. The fourth-order valence-electron chi connectivity index (χ4n) is 9.25. The van der Waals surface area contributed by atoms with Crippen LogP contribution in [0, 0.1) is 6.92 Å². The second kappa shape index (κ2) is 14.0. The molecule has 9 aromatic carbocycles. The number of hydrogen-bond acceptors (Lipinski definition) is 2. The van der Waals surface area contributed by atoms with Gasteiger partial charge < -0.3 is 4.57 Å². The predicted octanol–water partition coefficient (Wildman–Crippen LogP) is 14.8. The highest BCUT2D eigenvalue weighted by Gasteiger charge is 2.22. The normalized spacial score (nSPS) is 11.7. The summed E-state index contributed by atoms with van der Waals surface area (Å²) in [6, 6.07) is 76.1. The van der Waals surface area contributed by atoms with E-state index in [1.807, 2.05) is 0 Å². The summed E-state index contributed by atoms with van der Waals surface area (Å²) in [6.45, 7) is 2.12. The summed E-state index contributed by atoms with van der Waals surface area (Å²) in [4.78, 5) is 10.7. The SMILES string of the molecule is Cc1ccc(-c2ccc(-c3ccc(-n4c5ccccc5c5c6c7ccccc7n(-c7nc(-c8ccc(-c9ccccc9)cc8)c8ccccc8n7)c6ccc54)cc3)cc2)cc1. The maximum absolute atomic E-state index is 5.41. The molecule has 0 bridgehead atoms. The first kappa shape index (κ1) is 34.9. The highest BCUT2D eigenvalue weighted by Crippen LogP contribution is 2.43. The summed E-state index contributed by atoms with van der Waals surface area (Å²) in [5, 5.41) is 5.81. The average Bonchev–Trinajstić information content (AvgIpc) is 3.85. The van der Waals surface area contributed by atoms with Crippen molar-refractivity contribution in [3.05, 3.63) is 218 Å². The van der Waals surface area contributed by atoms with Crippen molar-refractivity contribution in [1.82, 2.24) is 19.1 Å². The number of aromatic nitrogens is 4. The van der Waals surface area contributed by atoms with Crippen LogP contribution in [-0.4, -0.2) is 19.1 Å². The average molecular weight is 779 g/mol. The Morgan fingerprint density at radius 3 is 1.33 bits per heavy atom. The van der Waals surface area contributed by atoms with E-state index in [2.05, 4.69) is 228 Å². The van der Waals surface area contributed by atoms with Gasteiger partial charge >= 0.3 is 0 Å². The second-order valence-corrected chi connectivity index (χ2v) is 15.9. The van der Waals surface area contributed by atoms with E-state index in [-0.39, 0.29) is 0 Å². The van der Waals surface area contributed by atoms with Crippen molar-refractivity contribution in [1.29, 1.82) is 0 Å². The number of hydrogen-bond donors (Lipinski definition) is 0. The molecule has 0 saturated carbocycles. The molecule has 0 unspecified atom stereocenters. The quantitative estimate of drug-likeness (QED) is 0.169. The Hall–Kier alpha value is -8.08. The molecule has 0 spiro atoms. The lowest BCUT2D eigenvalue weighted by molar-refractivity contribution is 1.01. The van der Waals surface area contributed by atoms with Gasteiger partial charge in [0.15, 0.2) is 0 Å². The van der Waals surface area contributed by atoms with Crippen molar-refractivity contribution in [3.63, 3.8) is 0 Å². The molecule has 0 fully saturated rings. The molecule has 12 rings (SSSR count). The number of para-hydroxylation sites is 3. The largest absolute Gasteiger partial charge is 0.309 e. The molecule has 0 aliphatic heterocycles. The molecule has 3 heterocycles. The summed E-state index contributed by atoms with van der Waals surface area (Å²) in [6.07, 6.45) is 0. The summed E-state index contributed by atoms with van der Waals surface area (Å²) < 4.78 is 4.66. The monoisotopic (exact) mass is 778 g/mol. The topological polar surface area (TPSA) is 35.6 Å². The molecule has 4 heteroatoms. The van der Waals surface area contributed by atoms with E-state index in [0.717, 1.165) is 44.4 Å². The second-order valence-electron chi connectivity index (χ2n) is 15.9. The number of fused-ring (bicyclic) bond motifs is 8. The minimum absolute atomic E-state index is 0.651. The van der Waals surface area contributed by atoms with Gasteiger partial charge in [-0.2, -0.15) is 0 Å². The zero-order valence-electron chi connectivity index (χ0n) is 33.5. The Morgan fingerprint density at radius 2 is 0.738 bits per heavy atom. The Labute approximate surface area is 353 Å². The van der Waals surface area contributed by atoms with Gasteiger partial charge in [-0.05, 0) is 82.8 Å². The summed E-state index contributed by atoms with van der Waals surface area (Å²) in [7, 11) is 0. The lowest BCUT2D eigenvalue weighted by atomic mass is 9.99. The van der Waals surface area contributed by atoms with E-state index < -0.39 is 0 Å². The Bertz CT molecular complexity index is 3600. The molecular formula is C57H38N4. The molecule has 61 heavy (non-hydrogen) atoms. The van der Waals surface area contributed by atoms with Crippen LogP contribution in [-0.2, 0) is 0 Å². The molecule has 0 aliphatic rings. The molecular weight excluding hydrogens is 741 g/mol. The standard InChI is InChI=1S/C57H38N4/c1-37-19-21-39(22-20-37)41-23-25-42(26-24-41)43-31-33-45(34-32-43)60-50-17-9-6-14-47(50)54-52(60)35-36-53-55(54)48-15-7-10-18-51(48)61(53)57-58-49-16-8-5-13-46(49)56(59-57)44-29-27-40(28-30-44)38-11-3-2-4-12-38/h2-36H,1H3. The van der Waals surface area contributed by atoms with Gasteiger partial charge in [0, 0.05) is 38.2 Å². The molecule has 0 atom stereocenters. The van der Waals surface area contributed by atoms with Crippen LogP contribution in [0.15, 0.2) is 212 Å². The van der Waals surface area contributed by atoms with Gasteiger partial charge in [-0.1, -0.05) is 175 Å². The van der Waals surface area contributed by atoms with Crippen molar-refractivity contribution in [3.8, 4) is 56.3 Å². The van der Waals surface area contributed by atoms with Gasteiger partial charge in [0.2, 0.25) is 5.95 Å². The fourth-order valence-corrected chi connectivity index (χ4v) is 9.25. The first-order valence-corrected chi connectivity index (χ1v) is 20.8. The summed E-state index contributed by atoms with van der Waals surface area (Å²) in [5.74, 6) is 0.651. The van der Waals surface area contributed by atoms with E-state index >= 15 is 0 Å². The molecule has 0 aliphatic carbocycles. The third-order valence-electron chi connectivity index (χ3n) is 12.3. The summed E-state index contributed by atoms with van der Waals surface area (Å²) in [5.41, 5.74) is 16.9. The Kier molecular flexibility index (Phi) is 8.04. The maximum Gasteiger partial charge on any atom is 0.235 e. The molecule has 12 aromatic rings. The Morgan fingerprint density at radius 1 is 0.311 bits per heavy atom. The van der Waals surface area contributed by atoms with Gasteiger partial charge in [0.05, 0.1) is 33.3 Å². The number of aryl methyl sites for hydroxylation is 1. The van der Waals surface area contributed by atoms with Crippen molar-refractivity contribution in [2.45, 2.75) is 6.92 Å². The van der Waals surface area contributed by atoms with Crippen LogP contribution < -0.4 is 0 Å². The molecule has 286 valence electrons. The van der Waals surface area contributed by atoms with Crippen LogP contribution in [0.1, 0.15) is 5.56 Å². The van der Waals surface area contributed by atoms with Crippen LogP contribution in [0.5, 0.6) is 0 Å². The first-order chi connectivity index (χ1) is 30.2. The van der Waals surface area contributed by atoms with Gasteiger partial charge in [0.1, 0.15) is 0 Å². The lowest BCUT2D eigenvalue weighted by Gasteiger charge is -2.12. The zero-order valence-corrected chi connectivity index (χ0v) is 33.5. The molecule has 0 amide bonds. The lowest BCUT2D eigenvalue weighted by Crippen LogP contribution is -2.03. The zero-order chi connectivity index (χ0) is 40.4. The number of nitrogens with zero attached hydrogens (tertiary/aromatic N) is 4. The van der Waals surface area contributed by atoms with E-state index in [1.54, 1.807) is 0 Å². The highest BCUT2D eigenvalue weighted by molar-refractivity contribution is 6.28. The van der Waals surface area contributed by atoms with Crippen molar-refractivity contribution >= 4 is 54.5 Å². The van der Waals surface area contributed by atoms with Crippen LogP contribution in [0.3, 0.4) is 0 Å². The minimum atomic E-state index is 0.651. The third-order valence-corrected chi connectivity index (χ3v) is 12.3. The number of benzene rings is 9. The molecule has 4 nitrogen and oxygen atoms in total. The van der Waals surface area contributed by atoms with Crippen LogP contribution in [0.4, 0.5) is 0 Å². The van der Waals surface area contributed by atoms with Crippen molar-refractivity contribution < 1.29 is 0 Å². The molecule has 0 N–H and O–H groups in total. The van der Waals surface area contributed by atoms with E-state index in [0.29, 0.717) is 5.95 Å². The van der Waals surface area contributed by atoms with Gasteiger partial charge in [-0.25, -0.2) is 9.97 Å². The van der Waals surface area contributed by atoms with Crippen LogP contribution >= 0.6 is 0 Å². The van der Waals surface area contributed by atoms with E-state index in [4.69, 9.17) is 9.97 Å². The minimum Gasteiger partial charge on any atom is -0.309 e. The van der Waals surface area contributed by atoms with Crippen LogP contribution in [0.2, 0.25) is 0 Å². The van der Waals surface area contributed by atoms with Gasteiger partial charge in [-0.3, -0.25) is 4.57 Å². The maximum atomic E-state index is 5.41. The van der Waals surface area contributed by atoms with E-state index in [1.165, 1.54) is 66.0 Å². The molecule has 0 radical (unpaired) electrons.